The highest BCUT2D eigenvalue weighted by Gasteiger charge is 2.41. The molecule has 25 heavy (non-hydrogen) atoms. The number of ether oxygens (including phenoxy) is 1. The zero-order valence-electron chi connectivity index (χ0n) is 14.2. The van der Waals surface area contributed by atoms with Gasteiger partial charge in [0.15, 0.2) is 0 Å². The molecule has 0 saturated carbocycles. The number of halogens is 1. The van der Waals surface area contributed by atoms with E-state index in [1.54, 1.807) is 27.9 Å². The molecule has 2 aromatic rings. The van der Waals surface area contributed by atoms with E-state index in [4.69, 9.17) is 4.74 Å². The Labute approximate surface area is 145 Å². The van der Waals surface area contributed by atoms with Crippen LogP contribution >= 0.6 is 0 Å². The molecule has 1 saturated heterocycles. The molecule has 0 bridgehead atoms. The maximum atomic E-state index is 13.2. The van der Waals surface area contributed by atoms with Gasteiger partial charge < -0.3 is 9.64 Å². The Morgan fingerprint density at radius 3 is 2.60 bits per heavy atom. The number of carbonyl (C=O) groups excluding carboxylic acids is 2. The number of carbonyl (C=O) groups is 2. The molecule has 1 aromatic carbocycles. The molecule has 3 rings (SSSR count). The van der Waals surface area contributed by atoms with E-state index in [1.807, 2.05) is 6.92 Å². The van der Waals surface area contributed by atoms with Crippen LogP contribution in [0.1, 0.15) is 28.8 Å². The highest BCUT2D eigenvalue weighted by Crippen LogP contribution is 2.34. The maximum absolute atomic E-state index is 13.2. The second kappa shape index (κ2) is 7.04. The molecule has 0 spiro atoms. The Morgan fingerprint density at radius 1 is 1.28 bits per heavy atom. The lowest BCUT2D eigenvalue weighted by Gasteiger charge is -2.16. The molecule has 0 aliphatic carbocycles. The van der Waals surface area contributed by atoms with E-state index in [0.717, 1.165) is 5.56 Å². The number of aromatic nitrogens is 2. The Balaban J connectivity index is 1.84. The van der Waals surface area contributed by atoms with Crippen molar-refractivity contribution in [2.24, 2.45) is 5.92 Å². The number of hydrogen-bond acceptors (Lipinski definition) is 4. The zero-order chi connectivity index (χ0) is 18.0. The third-order valence-electron chi connectivity index (χ3n) is 4.61. The van der Waals surface area contributed by atoms with E-state index in [-0.39, 0.29) is 30.2 Å². The number of benzene rings is 1. The molecule has 1 fully saturated rings. The number of rotatable bonds is 4. The lowest BCUT2D eigenvalue weighted by Crippen LogP contribution is -2.30. The molecule has 7 heteroatoms. The molecular weight excluding hydrogens is 325 g/mol. The fourth-order valence-electron chi connectivity index (χ4n) is 3.24. The average Bonchev–Trinajstić information content (AvgIpc) is 3.28. The van der Waals surface area contributed by atoms with Crippen LogP contribution in [0.3, 0.4) is 0 Å². The number of amides is 1. The van der Waals surface area contributed by atoms with Crippen molar-refractivity contribution >= 4 is 11.9 Å². The van der Waals surface area contributed by atoms with Gasteiger partial charge in [0.2, 0.25) is 0 Å². The standard InChI is InChI=1S/C18H20FN3O3/c1-3-22-9-13(8-20-22)17(23)21-10-15(16(11-21)18(24)25-2)12-4-6-14(19)7-5-12/h4-9,15-16H,3,10-11H2,1-2H3/t15-,16+/m1/s1. The van der Waals surface area contributed by atoms with Crippen molar-refractivity contribution in [3.63, 3.8) is 0 Å². The van der Waals surface area contributed by atoms with Gasteiger partial charge in [0.1, 0.15) is 5.82 Å². The second-order valence-electron chi connectivity index (χ2n) is 6.08. The van der Waals surface area contributed by atoms with Crippen LogP contribution in [0.25, 0.3) is 0 Å². The van der Waals surface area contributed by atoms with E-state index >= 15 is 0 Å². The monoisotopic (exact) mass is 345 g/mol. The summed E-state index contributed by atoms with van der Waals surface area (Å²) in [5, 5.41) is 4.12. The lowest BCUT2D eigenvalue weighted by molar-refractivity contribution is -0.145. The van der Waals surface area contributed by atoms with E-state index in [1.165, 1.54) is 25.4 Å². The van der Waals surface area contributed by atoms with Crippen molar-refractivity contribution in [2.45, 2.75) is 19.4 Å². The highest BCUT2D eigenvalue weighted by atomic mass is 19.1. The van der Waals surface area contributed by atoms with Crippen molar-refractivity contribution in [3.8, 4) is 0 Å². The van der Waals surface area contributed by atoms with Crippen LogP contribution in [-0.4, -0.2) is 46.8 Å². The first-order valence-corrected chi connectivity index (χ1v) is 8.18. The van der Waals surface area contributed by atoms with E-state index < -0.39 is 5.92 Å². The molecule has 1 amide bonds. The highest BCUT2D eigenvalue weighted by molar-refractivity contribution is 5.94. The largest absolute Gasteiger partial charge is 0.469 e. The minimum absolute atomic E-state index is 0.168. The first kappa shape index (κ1) is 17.1. The van der Waals surface area contributed by atoms with Gasteiger partial charge in [0.05, 0.1) is 24.8 Å². The molecule has 6 nitrogen and oxygen atoms in total. The van der Waals surface area contributed by atoms with Crippen molar-refractivity contribution in [2.75, 3.05) is 20.2 Å². The number of likely N-dealkylation sites (tertiary alicyclic amines) is 1. The Kier molecular flexibility index (Phi) is 4.83. The van der Waals surface area contributed by atoms with Crippen molar-refractivity contribution in [1.82, 2.24) is 14.7 Å². The van der Waals surface area contributed by atoms with E-state index in [2.05, 4.69) is 5.10 Å². The molecule has 132 valence electrons. The summed E-state index contributed by atoms with van der Waals surface area (Å²) in [6.45, 7) is 3.26. The van der Waals surface area contributed by atoms with Gasteiger partial charge in [-0.25, -0.2) is 4.39 Å². The summed E-state index contributed by atoms with van der Waals surface area (Å²) in [7, 11) is 1.33. The van der Waals surface area contributed by atoms with E-state index in [9.17, 15) is 14.0 Å². The number of methoxy groups -OCH3 is 1. The van der Waals surface area contributed by atoms with Crippen LogP contribution in [0.15, 0.2) is 36.7 Å². The first-order valence-electron chi connectivity index (χ1n) is 8.18. The molecule has 1 aliphatic rings. The van der Waals surface area contributed by atoms with Crippen molar-refractivity contribution in [3.05, 3.63) is 53.6 Å². The fraction of sp³-hybridized carbons (Fsp3) is 0.389. The molecule has 0 unspecified atom stereocenters. The van der Waals surface area contributed by atoms with Gasteiger partial charge in [0.25, 0.3) is 5.91 Å². The second-order valence-corrected chi connectivity index (χ2v) is 6.08. The smallest absolute Gasteiger partial charge is 0.311 e. The van der Waals surface area contributed by atoms with Gasteiger partial charge >= 0.3 is 5.97 Å². The third kappa shape index (κ3) is 3.40. The predicted octanol–water partition coefficient (Wildman–Crippen LogP) is 2.07. The Bertz CT molecular complexity index is 772. The van der Waals surface area contributed by atoms with Gasteiger partial charge in [-0.3, -0.25) is 14.3 Å². The Hall–Kier alpha value is -2.70. The molecule has 2 atom stereocenters. The quantitative estimate of drug-likeness (QED) is 0.796. The lowest BCUT2D eigenvalue weighted by atomic mass is 9.89. The SMILES string of the molecule is CCn1cc(C(=O)N2C[C@H](C(=O)OC)[C@@H](c3ccc(F)cc3)C2)cn1. The minimum Gasteiger partial charge on any atom is -0.469 e. The summed E-state index contributed by atoms with van der Waals surface area (Å²) in [5.41, 5.74) is 1.31. The first-order chi connectivity index (χ1) is 12.0. The fourth-order valence-corrected chi connectivity index (χ4v) is 3.24. The zero-order valence-corrected chi connectivity index (χ0v) is 14.2. The molecule has 2 heterocycles. The average molecular weight is 345 g/mol. The molecule has 1 aliphatic heterocycles. The van der Waals surface area contributed by atoms with Crippen molar-refractivity contribution in [1.29, 1.82) is 0 Å². The van der Waals surface area contributed by atoms with Crippen LogP contribution in [0.2, 0.25) is 0 Å². The van der Waals surface area contributed by atoms with Crippen molar-refractivity contribution < 1.29 is 18.7 Å². The number of esters is 1. The van der Waals surface area contributed by atoms with Crippen LogP contribution in [-0.2, 0) is 16.1 Å². The van der Waals surface area contributed by atoms with Crippen LogP contribution in [0, 0.1) is 11.7 Å². The summed E-state index contributed by atoms with van der Waals surface area (Å²) in [5.74, 6) is -1.57. The van der Waals surface area contributed by atoms with Gasteiger partial charge in [-0.2, -0.15) is 5.10 Å². The minimum atomic E-state index is -0.472. The summed E-state index contributed by atoms with van der Waals surface area (Å²) in [4.78, 5) is 26.5. The topological polar surface area (TPSA) is 64.4 Å². The molecule has 1 aromatic heterocycles. The van der Waals surface area contributed by atoms with Gasteiger partial charge in [-0.05, 0) is 24.6 Å². The van der Waals surface area contributed by atoms with Gasteiger partial charge in [-0.1, -0.05) is 12.1 Å². The molecule has 0 N–H and O–H groups in total. The molecular formula is C18H20FN3O3. The third-order valence-corrected chi connectivity index (χ3v) is 4.61. The maximum Gasteiger partial charge on any atom is 0.311 e. The number of hydrogen-bond donors (Lipinski definition) is 0. The number of nitrogens with zero attached hydrogens (tertiary/aromatic N) is 3. The summed E-state index contributed by atoms with van der Waals surface area (Å²) in [6, 6.07) is 6.02. The predicted molar refractivity (Wildman–Crippen MR) is 88.5 cm³/mol. The Morgan fingerprint density at radius 2 is 2.00 bits per heavy atom. The van der Waals surface area contributed by atoms with E-state index in [0.29, 0.717) is 18.7 Å². The number of aryl methyl sites for hydroxylation is 1. The van der Waals surface area contributed by atoms with Crippen LogP contribution in [0.5, 0.6) is 0 Å². The normalized spacial score (nSPS) is 19.9. The van der Waals surface area contributed by atoms with Crippen LogP contribution < -0.4 is 0 Å². The van der Waals surface area contributed by atoms with Crippen LogP contribution in [0.4, 0.5) is 4.39 Å². The molecule has 0 radical (unpaired) electrons. The summed E-state index contributed by atoms with van der Waals surface area (Å²) in [6.07, 6.45) is 3.23. The van der Waals surface area contributed by atoms with Gasteiger partial charge in [-0.15, -0.1) is 0 Å². The van der Waals surface area contributed by atoms with Gasteiger partial charge in [0, 0.05) is 31.7 Å². The summed E-state index contributed by atoms with van der Waals surface area (Å²) < 4.78 is 19.8. The summed E-state index contributed by atoms with van der Waals surface area (Å²) >= 11 is 0.